The van der Waals surface area contributed by atoms with Gasteiger partial charge in [0.25, 0.3) is 0 Å². The highest BCUT2D eigenvalue weighted by atomic mass is 19.2. The van der Waals surface area contributed by atoms with E-state index in [4.69, 9.17) is 0 Å². The molecular formula is C17H23F2N3O2. The van der Waals surface area contributed by atoms with E-state index in [1.165, 1.54) is 6.07 Å². The van der Waals surface area contributed by atoms with E-state index in [2.05, 4.69) is 15.5 Å². The quantitative estimate of drug-likeness (QED) is 0.554. The maximum atomic E-state index is 13.1. The summed E-state index contributed by atoms with van der Waals surface area (Å²) in [6, 6.07) is 3.01. The van der Waals surface area contributed by atoms with Crippen molar-refractivity contribution in [3.63, 3.8) is 0 Å². The highest BCUT2D eigenvalue weighted by molar-refractivity contribution is 5.97. The minimum Gasteiger partial charge on any atom is -0.356 e. The lowest BCUT2D eigenvalue weighted by atomic mass is 10.1. The van der Waals surface area contributed by atoms with Crippen LogP contribution in [0.3, 0.4) is 0 Å². The molecule has 5 nitrogen and oxygen atoms in total. The third kappa shape index (κ3) is 5.98. The minimum atomic E-state index is -1.06. The summed E-state index contributed by atoms with van der Waals surface area (Å²) >= 11 is 0. The molecule has 1 heterocycles. The van der Waals surface area contributed by atoms with Crippen LogP contribution in [0.2, 0.25) is 0 Å². The van der Waals surface area contributed by atoms with Gasteiger partial charge in [-0.05, 0) is 31.2 Å². The van der Waals surface area contributed by atoms with E-state index in [1.54, 1.807) is 0 Å². The molecule has 0 aromatic heterocycles. The summed E-state index contributed by atoms with van der Waals surface area (Å²) in [4.78, 5) is 25.9. The SMILES string of the molecule is O=C(CCC(=O)c1ccc(F)c(F)c1)NCCCN1CCNCC1. The molecule has 0 bridgehead atoms. The number of ketones is 1. The highest BCUT2D eigenvalue weighted by Crippen LogP contribution is 2.11. The molecular weight excluding hydrogens is 316 g/mol. The number of carbonyl (C=O) groups is 2. The molecule has 132 valence electrons. The topological polar surface area (TPSA) is 61.4 Å². The zero-order valence-electron chi connectivity index (χ0n) is 13.6. The molecule has 1 fully saturated rings. The molecule has 7 heteroatoms. The lowest BCUT2D eigenvalue weighted by molar-refractivity contribution is -0.121. The average Bonchev–Trinajstić information content (AvgIpc) is 2.60. The fourth-order valence-electron chi connectivity index (χ4n) is 2.59. The minimum absolute atomic E-state index is 0.0191. The Morgan fingerprint density at radius 1 is 1.12 bits per heavy atom. The monoisotopic (exact) mass is 339 g/mol. The predicted octanol–water partition coefficient (Wildman–Crippen LogP) is 1.34. The number of hydrogen-bond acceptors (Lipinski definition) is 4. The van der Waals surface area contributed by atoms with Gasteiger partial charge in [0.2, 0.25) is 5.91 Å². The van der Waals surface area contributed by atoms with Crippen molar-refractivity contribution in [2.24, 2.45) is 0 Å². The molecule has 1 saturated heterocycles. The molecule has 1 aromatic rings. The van der Waals surface area contributed by atoms with Gasteiger partial charge in [0.1, 0.15) is 0 Å². The van der Waals surface area contributed by atoms with Crippen LogP contribution in [0.4, 0.5) is 8.78 Å². The number of Topliss-reactive ketones (excluding diaryl/α,β-unsaturated/α-hetero) is 1. The molecule has 1 aliphatic rings. The van der Waals surface area contributed by atoms with Crippen molar-refractivity contribution in [2.75, 3.05) is 39.3 Å². The molecule has 0 saturated carbocycles. The number of piperazine rings is 1. The van der Waals surface area contributed by atoms with Gasteiger partial charge < -0.3 is 15.5 Å². The Kier molecular flexibility index (Phi) is 7.27. The smallest absolute Gasteiger partial charge is 0.220 e. The predicted molar refractivity (Wildman–Crippen MR) is 86.9 cm³/mol. The average molecular weight is 339 g/mol. The molecule has 1 amide bonds. The number of rotatable bonds is 8. The zero-order valence-corrected chi connectivity index (χ0v) is 13.6. The summed E-state index contributed by atoms with van der Waals surface area (Å²) in [7, 11) is 0. The van der Waals surface area contributed by atoms with Crippen molar-refractivity contribution in [3.05, 3.63) is 35.4 Å². The molecule has 2 N–H and O–H groups in total. The van der Waals surface area contributed by atoms with Crippen LogP contribution >= 0.6 is 0 Å². The lowest BCUT2D eigenvalue weighted by Crippen LogP contribution is -2.44. The van der Waals surface area contributed by atoms with Gasteiger partial charge >= 0.3 is 0 Å². The fraction of sp³-hybridized carbons (Fsp3) is 0.529. The van der Waals surface area contributed by atoms with Crippen LogP contribution in [-0.4, -0.2) is 55.9 Å². The summed E-state index contributed by atoms with van der Waals surface area (Å²) in [5.41, 5.74) is 0.0837. The second-order valence-corrected chi connectivity index (χ2v) is 5.85. The second kappa shape index (κ2) is 9.44. The van der Waals surface area contributed by atoms with Crippen LogP contribution in [0.25, 0.3) is 0 Å². The summed E-state index contributed by atoms with van der Waals surface area (Å²) in [5, 5.41) is 6.07. The van der Waals surface area contributed by atoms with Gasteiger partial charge in [-0.25, -0.2) is 8.78 Å². The maximum absolute atomic E-state index is 13.1. The van der Waals surface area contributed by atoms with Gasteiger partial charge in [-0.3, -0.25) is 9.59 Å². The van der Waals surface area contributed by atoms with Gasteiger partial charge in [-0.1, -0.05) is 0 Å². The summed E-state index contributed by atoms with van der Waals surface area (Å²) in [5.74, 6) is -2.62. The summed E-state index contributed by atoms with van der Waals surface area (Å²) < 4.78 is 25.9. The zero-order chi connectivity index (χ0) is 17.4. The molecule has 0 atom stereocenters. The first-order valence-corrected chi connectivity index (χ1v) is 8.24. The van der Waals surface area contributed by atoms with Gasteiger partial charge in [0.05, 0.1) is 0 Å². The number of amides is 1. The lowest BCUT2D eigenvalue weighted by Gasteiger charge is -2.27. The Bertz CT molecular complexity index is 575. The van der Waals surface area contributed by atoms with Crippen LogP contribution in [0, 0.1) is 11.6 Å². The first-order chi connectivity index (χ1) is 11.6. The number of carbonyl (C=O) groups excluding carboxylic acids is 2. The molecule has 0 radical (unpaired) electrons. The van der Waals surface area contributed by atoms with Crippen molar-refractivity contribution in [1.82, 2.24) is 15.5 Å². The number of nitrogens with zero attached hydrogens (tertiary/aromatic N) is 1. The number of hydrogen-bond donors (Lipinski definition) is 2. The Morgan fingerprint density at radius 3 is 2.58 bits per heavy atom. The first kappa shape index (κ1) is 18.5. The fourth-order valence-corrected chi connectivity index (χ4v) is 2.59. The molecule has 1 aliphatic heterocycles. The molecule has 0 unspecified atom stereocenters. The van der Waals surface area contributed by atoms with Crippen molar-refractivity contribution >= 4 is 11.7 Å². The van der Waals surface area contributed by atoms with Crippen LogP contribution in [0.5, 0.6) is 0 Å². The van der Waals surface area contributed by atoms with Gasteiger partial charge in [-0.2, -0.15) is 0 Å². The van der Waals surface area contributed by atoms with E-state index in [9.17, 15) is 18.4 Å². The molecule has 0 aliphatic carbocycles. The Hall–Kier alpha value is -1.86. The van der Waals surface area contributed by atoms with Crippen molar-refractivity contribution in [2.45, 2.75) is 19.3 Å². The Morgan fingerprint density at radius 2 is 1.88 bits per heavy atom. The van der Waals surface area contributed by atoms with Crippen molar-refractivity contribution < 1.29 is 18.4 Å². The van der Waals surface area contributed by atoms with E-state index >= 15 is 0 Å². The first-order valence-electron chi connectivity index (χ1n) is 8.24. The number of nitrogens with one attached hydrogen (secondary N) is 2. The maximum Gasteiger partial charge on any atom is 0.220 e. The van der Waals surface area contributed by atoms with Gasteiger partial charge in [-0.15, -0.1) is 0 Å². The summed E-state index contributed by atoms with van der Waals surface area (Å²) in [6.07, 6.45) is 0.892. The third-order valence-electron chi connectivity index (χ3n) is 4.00. The highest BCUT2D eigenvalue weighted by Gasteiger charge is 2.12. The van der Waals surface area contributed by atoms with Crippen LogP contribution in [0.1, 0.15) is 29.6 Å². The molecule has 24 heavy (non-hydrogen) atoms. The molecule has 1 aromatic carbocycles. The van der Waals surface area contributed by atoms with E-state index in [0.717, 1.165) is 51.3 Å². The second-order valence-electron chi connectivity index (χ2n) is 5.85. The van der Waals surface area contributed by atoms with Crippen LogP contribution in [-0.2, 0) is 4.79 Å². The van der Waals surface area contributed by atoms with Crippen molar-refractivity contribution in [1.29, 1.82) is 0 Å². The number of benzene rings is 1. The van der Waals surface area contributed by atoms with E-state index < -0.39 is 11.6 Å². The van der Waals surface area contributed by atoms with Crippen molar-refractivity contribution in [3.8, 4) is 0 Å². The molecule has 2 rings (SSSR count). The normalized spacial score (nSPS) is 15.2. The van der Waals surface area contributed by atoms with Gasteiger partial charge in [0.15, 0.2) is 17.4 Å². The summed E-state index contributed by atoms with van der Waals surface area (Å²) in [6.45, 7) is 5.56. The largest absolute Gasteiger partial charge is 0.356 e. The van der Waals surface area contributed by atoms with E-state index in [0.29, 0.717) is 6.54 Å². The Balaban J connectivity index is 1.61. The van der Waals surface area contributed by atoms with Crippen LogP contribution < -0.4 is 10.6 Å². The standard InChI is InChI=1S/C17H23F2N3O2/c18-14-3-2-13(12-15(14)19)16(23)4-5-17(24)21-6-1-9-22-10-7-20-8-11-22/h2-3,12,20H,1,4-11H2,(H,21,24). The van der Waals surface area contributed by atoms with E-state index in [1.807, 2.05) is 0 Å². The van der Waals surface area contributed by atoms with E-state index in [-0.39, 0.29) is 30.1 Å². The van der Waals surface area contributed by atoms with Crippen LogP contribution in [0.15, 0.2) is 18.2 Å². The Labute approximate surface area is 140 Å². The van der Waals surface area contributed by atoms with Gasteiger partial charge in [0, 0.05) is 51.1 Å². The number of halogens is 2. The third-order valence-corrected chi connectivity index (χ3v) is 4.00. The molecule has 0 spiro atoms.